The van der Waals surface area contributed by atoms with Crippen LogP contribution in [0.25, 0.3) is 0 Å². The van der Waals surface area contributed by atoms with Gasteiger partial charge in [0.25, 0.3) is 0 Å². The molecule has 0 aliphatic carbocycles. The highest BCUT2D eigenvalue weighted by Gasteiger charge is 2.11. The van der Waals surface area contributed by atoms with Crippen molar-refractivity contribution in [3.63, 3.8) is 0 Å². The average Bonchev–Trinajstić information content (AvgIpc) is 2.57. The highest BCUT2D eigenvalue weighted by Crippen LogP contribution is 2.26. The van der Waals surface area contributed by atoms with E-state index >= 15 is 0 Å². The predicted molar refractivity (Wildman–Crippen MR) is 90.3 cm³/mol. The van der Waals surface area contributed by atoms with Crippen molar-refractivity contribution in [3.8, 4) is 18.4 Å². The Bertz CT molecular complexity index is 815. The quantitative estimate of drug-likeness (QED) is 0.877. The topological polar surface area (TPSA) is 52.0 Å². The predicted octanol–water partition coefficient (Wildman–Crippen LogP) is 3.58. The second-order valence-corrected chi connectivity index (χ2v) is 5.08. The van der Waals surface area contributed by atoms with Crippen LogP contribution >= 0.6 is 0 Å². The Morgan fingerprint density at radius 2 is 2.09 bits per heavy atom. The maximum atomic E-state index is 13.5. The third-order valence-electron chi connectivity index (χ3n) is 3.57. The van der Waals surface area contributed by atoms with Crippen LogP contribution in [-0.4, -0.2) is 18.6 Å². The Labute approximate surface area is 135 Å². The van der Waals surface area contributed by atoms with E-state index in [4.69, 9.17) is 11.7 Å². The zero-order valence-corrected chi connectivity index (χ0v) is 13.3. The van der Waals surface area contributed by atoms with Crippen molar-refractivity contribution >= 4 is 17.2 Å². The van der Waals surface area contributed by atoms with Gasteiger partial charge >= 0.3 is 0 Å². The van der Waals surface area contributed by atoms with Gasteiger partial charge in [0.2, 0.25) is 0 Å². The number of nitriles is 1. The van der Waals surface area contributed by atoms with Crippen LogP contribution in [0.4, 0.5) is 21.6 Å². The molecule has 1 heterocycles. The van der Waals surface area contributed by atoms with E-state index in [0.717, 1.165) is 17.8 Å². The van der Waals surface area contributed by atoms with Crippen LogP contribution in [0.15, 0.2) is 24.3 Å². The minimum absolute atomic E-state index is 0.144. The summed E-state index contributed by atoms with van der Waals surface area (Å²) >= 11 is 0. The summed E-state index contributed by atoms with van der Waals surface area (Å²) in [5.41, 5.74) is 2.75. The van der Waals surface area contributed by atoms with E-state index in [1.165, 1.54) is 6.07 Å². The minimum Gasteiger partial charge on any atom is -0.374 e. The SMILES string of the molecule is C#Cc1cc(Nc2nc(C)c(F)cc2C#N)ccc1N(C)CC. The number of hydrogen-bond donors (Lipinski definition) is 1. The van der Waals surface area contributed by atoms with Crippen molar-refractivity contribution in [3.05, 3.63) is 46.9 Å². The van der Waals surface area contributed by atoms with E-state index < -0.39 is 5.82 Å². The van der Waals surface area contributed by atoms with Gasteiger partial charge in [-0.3, -0.25) is 0 Å². The van der Waals surface area contributed by atoms with Gasteiger partial charge in [-0.05, 0) is 38.1 Å². The fraction of sp³-hybridized carbons (Fsp3) is 0.222. The lowest BCUT2D eigenvalue weighted by atomic mass is 10.1. The second-order valence-electron chi connectivity index (χ2n) is 5.08. The molecule has 1 aromatic heterocycles. The van der Waals surface area contributed by atoms with E-state index in [-0.39, 0.29) is 11.3 Å². The monoisotopic (exact) mass is 308 g/mol. The first-order chi connectivity index (χ1) is 11.0. The molecule has 0 saturated carbocycles. The Balaban J connectivity index is 2.41. The van der Waals surface area contributed by atoms with Gasteiger partial charge in [-0.15, -0.1) is 6.42 Å². The second kappa shape index (κ2) is 6.81. The lowest BCUT2D eigenvalue weighted by Crippen LogP contribution is -2.17. The van der Waals surface area contributed by atoms with Crippen LogP contribution in [0.3, 0.4) is 0 Å². The molecule has 0 saturated heterocycles. The van der Waals surface area contributed by atoms with Crippen molar-refractivity contribution in [2.75, 3.05) is 23.8 Å². The summed E-state index contributed by atoms with van der Waals surface area (Å²) in [4.78, 5) is 6.14. The van der Waals surface area contributed by atoms with Crippen molar-refractivity contribution in [2.45, 2.75) is 13.8 Å². The molecule has 2 aromatic rings. The highest BCUT2D eigenvalue weighted by molar-refractivity contribution is 5.70. The highest BCUT2D eigenvalue weighted by atomic mass is 19.1. The van der Waals surface area contributed by atoms with E-state index in [1.54, 1.807) is 6.92 Å². The molecule has 5 heteroatoms. The summed E-state index contributed by atoms with van der Waals surface area (Å²) in [7, 11) is 1.96. The first-order valence-corrected chi connectivity index (χ1v) is 7.16. The van der Waals surface area contributed by atoms with Crippen LogP contribution in [0.2, 0.25) is 0 Å². The number of nitrogens with zero attached hydrogens (tertiary/aromatic N) is 3. The molecule has 1 aromatic carbocycles. The largest absolute Gasteiger partial charge is 0.374 e. The molecule has 0 fully saturated rings. The number of anilines is 3. The molecule has 0 aliphatic heterocycles. The maximum absolute atomic E-state index is 13.5. The Kier molecular flexibility index (Phi) is 4.83. The number of benzene rings is 1. The lowest BCUT2D eigenvalue weighted by Gasteiger charge is -2.19. The van der Waals surface area contributed by atoms with Crippen LogP contribution in [0, 0.1) is 36.4 Å². The first kappa shape index (κ1) is 16.3. The van der Waals surface area contributed by atoms with Gasteiger partial charge in [0, 0.05) is 24.8 Å². The summed E-state index contributed by atoms with van der Waals surface area (Å²) in [6.07, 6.45) is 5.58. The molecule has 1 N–H and O–H groups in total. The summed E-state index contributed by atoms with van der Waals surface area (Å²) < 4.78 is 13.5. The van der Waals surface area contributed by atoms with Gasteiger partial charge < -0.3 is 10.2 Å². The fourth-order valence-corrected chi connectivity index (χ4v) is 2.13. The number of hydrogen-bond acceptors (Lipinski definition) is 4. The fourth-order valence-electron chi connectivity index (χ4n) is 2.13. The standard InChI is InChI=1S/C18H17FN4/c1-5-13-9-15(7-8-17(13)23(4)6-2)22-18-14(11-20)10-16(19)12(3)21-18/h1,7-10H,6H2,2-4H3,(H,21,22). The van der Waals surface area contributed by atoms with Gasteiger partial charge in [0.15, 0.2) is 0 Å². The molecule has 0 unspecified atom stereocenters. The summed E-state index contributed by atoms with van der Waals surface area (Å²) in [5.74, 6) is 2.47. The van der Waals surface area contributed by atoms with Gasteiger partial charge in [0.05, 0.1) is 16.9 Å². The molecule has 0 radical (unpaired) electrons. The number of pyridine rings is 1. The summed E-state index contributed by atoms with van der Waals surface area (Å²) in [5, 5.41) is 12.2. The van der Waals surface area contributed by atoms with Crippen LogP contribution in [0.1, 0.15) is 23.7 Å². The number of rotatable bonds is 4. The number of aryl methyl sites for hydroxylation is 1. The maximum Gasteiger partial charge on any atom is 0.148 e. The molecule has 0 spiro atoms. The number of aromatic nitrogens is 1. The van der Waals surface area contributed by atoms with E-state index in [9.17, 15) is 4.39 Å². The summed E-state index contributed by atoms with van der Waals surface area (Å²) in [6, 6.07) is 8.68. The molecular weight excluding hydrogens is 291 g/mol. The normalized spacial score (nSPS) is 9.83. The molecule has 116 valence electrons. The van der Waals surface area contributed by atoms with Gasteiger partial charge in [-0.1, -0.05) is 5.92 Å². The van der Waals surface area contributed by atoms with Gasteiger partial charge in [-0.25, -0.2) is 9.37 Å². The Morgan fingerprint density at radius 3 is 2.70 bits per heavy atom. The zero-order chi connectivity index (χ0) is 17.0. The molecule has 4 nitrogen and oxygen atoms in total. The third-order valence-corrected chi connectivity index (χ3v) is 3.57. The smallest absolute Gasteiger partial charge is 0.148 e. The molecule has 2 rings (SSSR count). The Hall–Kier alpha value is -3.05. The van der Waals surface area contributed by atoms with Crippen molar-refractivity contribution in [2.24, 2.45) is 0 Å². The van der Waals surface area contributed by atoms with E-state index in [0.29, 0.717) is 11.5 Å². The van der Waals surface area contributed by atoms with Crippen molar-refractivity contribution in [1.29, 1.82) is 5.26 Å². The zero-order valence-electron chi connectivity index (χ0n) is 13.3. The lowest BCUT2D eigenvalue weighted by molar-refractivity contribution is 0.610. The number of halogens is 1. The number of nitrogens with one attached hydrogen (secondary N) is 1. The molecule has 0 amide bonds. The first-order valence-electron chi connectivity index (χ1n) is 7.16. The number of terminal acetylenes is 1. The van der Waals surface area contributed by atoms with E-state index in [1.807, 2.05) is 43.1 Å². The van der Waals surface area contributed by atoms with Gasteiger partial charge in [-0.2, -0.15) is 5.26 Å². The minimum atomic E-state index is -0.503. The Morgan fingerprint density at radius 1 is 1.35 bits per heavy atom. The molecule has 0 bridgehead atoms. The molecular formula is C18H17FN4. The molecule has 0 atom stereocenters. The average molecular weight is 308 g/mol. The van der Waals surface area contributed by atoms with Crippen molar-refractivity contribution < 1.29 is 4.39 Å². The van der Waals surface area contributed by atoms with Crippen LogP contribution in [-0.2, 0) is 0 Å². The van der Waals surface area contributed by atoms with Gasteiger partial charge in [0.1, 0.15) is 17.7 Å². The third kappa shape index (κ3) is 3.41. The molecule has 23 heavy (non-hydrogen) atoms. The van der Waals surface area contributed by atoms with Crippen LogP contribution < -0.4 is 10.2 Å². The van der Waals surface area contributed by atoms with Crippen molar-refractivity contribution in [1.82, 2.24) is 4.98 Å². The molecule has 0 aliphatic rings. The summed E-state index contributed by atoms with van der Waals surface area (Å²) in [6.45, 7) is 4.42. The van der Waals surface area contributed by atoms with E-state index in [2.05, 4.69) is 16.2 Å². The van der Waals surface area contributed by atoms with Crippen LogP contribution in [0.5, 0.6) is 0 Å².